The number of rotatable bonds is 7. The van der Waals surface area contributed by atoms with E-state index >= 15 is 0 Å². The lowest BCUT2D eigenvalue weighted by Crippen LogP contribution is -2.56. The number of imide groups is 1. The fraction of sp³-hybridized carbons (Fsp3) is 0.667. The second-order valence-electron chi connectivity index (χ2n) is 6.41. The second kappa shape index (κ2) is 8.89. The van der Waals surface area contributed by atoms with Crippen molar-refractivity contribution in [1.82, 2.24) is 4.90 Å². The van der Waals surface area contributed by atoms with Crippen LogP contribution in [-0.4, -0.2) is 28.8 Å². The van der Waals surface area contributed by atoms with Gasteiger partial charge in [-0.25, -0.2) is 0 Å². The monoisotopic (exact) mass is 306 g/mol. The molecule has 0 saturated heterocycles. The van der Waals surface area contributed by atoms with Gasteiger partial charge in [0.1, 0.15) is 0 Å². The third-order valence-corrected chi connectivity index (χ3v) is 4.47. The van der Waals surface area contributed by atoms with Gasteiger partial charge >= 0.3 is 0 Å². The Bertz CT molecular complexity index is 391. The minimum absolute atomic E-state index is 0.117. The van der Waals surface area contributed by atoms with Gasteiger partial charge in [0, 0.05) is 17.9 Å². The highest BCUT2D eigenvalue weighted by molar-refractivity contribution is 5.97. The molecule has 1 fully saturated rings. The van der Waals surface area contributed by atoms with Gasteiger partial charge in [0.05, 0.1) is 6.04 Å². The molecule has 0 aliphatic heterocycles. The molecule has 2 N–H and O–H groups in total. The van der Waals surface area contributed by atoms with Gasteiger partial charge in [-0.15, -0.1) is 13.2 Å². The Kier molecular flexibility index (Phi) is 7.52. The van der Waals surface area contributed by atoms with Gasteiger partial charge in [0.2, 0.25) is 11.8 Å². The lowest BCUT2D eigenvalue weighted by Gasteiger charge is -2.39. The molecule has 1 saturated carbocycles. The molecule has 0 aromatic carbocycles. The molecule has 0 aromatic heterocycles. The van der Waals surface area contributed by atoms with Crippen LogP contribution in [0, 0.1) is 11.8 Å². The molecular weight excluding hydrogens is 276 g/mol. The number of nitrogens with two attached hydrogens (primary N) is 1. The largest absolute Gasteiger partial charge is 0.326 e. The average molecular weight is 306 g/mol. The lowest BCUT2D eigenvalue weighted by molar-refractivity contribution is -0.153. The highest BCUT2D eigenvalue weighted by Crippen LogP contribution is 2.26. The number of nitrogens with zero attached hydrogens (tertiary/aromatic N) is 1. The molecule has 0 bridgehead atoms. The molecular formula is C18H30N2O2. The van der Waals surface area contributed by atoms with E-state index in [1.807, 2.05) is 13.8 Å². The number of carbonyl (C=O) groups is 2. The zero-order valence-corrected chi connectivity index (χ0v) is 14.0. The molecule has 22 heavy (non-hydrogen) atoms. The molecule has 1 aliphatic rings. The van der Waals surface area contributed by atoms with Gasteiger partial charge in [-0.3, -0.25) is 14.5 Å². The summed E-state index contributed by atoms with van der Waals surface area (Å²) in [6, 6.07) is -0.290. The summed E-state index contributed by atoms with van der Waals surface area (Å²) in [6.45, 7) is 11.1. The average Bonchev–Trinajstić information content (AvgIpc) is 2.49. The van der Waals surface area contributed by atoms with E-state index in [1.54, 1.807) is 12.2 Å². The van der Waals surface area contributed by atoms with Gasteiger partial charge in [-0.2, -0.15) is 0 Å². The molecule has 2 amide bonds. The summed E-state index contributed by atoms with van der Waals surface area (Å²) in [5.74, 6) is -0.732. The third-order valence-electron chi connectivity index (χ3n) is 4.47. The molecule has 1 rings (SSSR count). The van der Waals surface area contributed by atoms with Crippen molar-refractivity contribution >= 4 is 11.8 Å². The lowest BCUT2D eigenvalue weighted by atomic mass is 9.88. The zero-order valence-electron chi connectivity index (χ0n) is 14.0. The number of hydrogen-bond acceptors (Lipinski definition) is 3. The van der Waals surface area contributed by atoms with E-state index in [4.69, 9.17) is 5.73 Å². The van der Waals surface area contributed by atoms with Crippen molar-refractivity contribution in [2.75, 3.05) is 0 Å². The minimum Gasteiger partial charge on any atom is -0.326 e. The maximum atomic E-state index is 12.8. The Hall–Kier alpha value is -1.42. The SMILES string of the molecule is C=CCC(C)C(=O)N(C(=O)C(C)CC=C)C1CCCCC1N. The van der Waals surface area contributed by atoms with Crippen LogP contribution in [0.15, 0.2) is 25.3 Å². The number of amides is 2. The number of allylic oxidation sites excluding steroid dienone is 2. The molecule has 124 valence electrons. The number of hydrogen-bond donors (Lipinski definition) is 1. The maximum Gasteiger partial charge on any atom is 0.232 e. The van der Waals surface area contributed by atoms with E-state index in [1.165, 1.54) is 4.90 Å². The molecule has 4 nitrogen and oxygen atoms in total. The highest BCUT2D eigenvalue weighted by atomic mass is 16.2. The van der Waals surface area contributed by atoms with Gasteiger partial charge in [-0.05, 0) is 25.7 Å². The normalized spacial score (nSPS) is 24.1. The second-order valence-corrected chi connectivity index (χ2v) is 6.41. The van der Waals surface area contributed by atoms with Crippen LogP contribution in [0.3, 0.4) is 0 Å². The molecule has 1 aliphatic carbocycles. The summed E-state index contributed by atoms with van der Waals surface area (Å²) in [6.07, 6.45) is 8.34. The van der Waals surface area contributed by atoms with Crippen molar-refractivity contribution < 1.29 is 9.59 Å². The van der Waals surface area contributed by atoms with Crippen molar-refractivity contribution in [2.45, 2.75) is 64.5 Å². The Morgan fingerprint density at radius 1 is 1.09 bits per heavy atom. The zero-order chi connectivity index (χ0) is 16.7. The van der Waals surface area contributed by atoms with E-state index in [-0.39, 0.29) is 35.7 Å². The number of carbonyl (C=O) groups excluding carboxylic acids is 2. The first-order valence-electron chi connectivity index (χ1n) is 8.28. The summed E-state index contributed by atoms with van der Waals surface area (Å²) in [4.78, 5) is 27.1. The Morgan fingerprint density at radius 2 is 1.55 bits per heavy atom. The van der Waals surface area contributed by atoms with Crippen LogP contribution in [0.25, 0.3) is 0 Å². The molecule has 0 radical (unpaired) electrons. The summed E-state index contributed by atoms with van der Waals surface area (Å²) in [5, 5.41) is 0. The van der Waals surface area contributed by atoms with Crippen molar-refractivity contribution in [3.63, 3.8) is 0 Å². The Morgan fingerprint density at radius 3 is 1.95 bits per heavy atom. The van der Waals surface area contributed by atoms with Crippen LogP contribution in [-0.2, 0) is 9.59 Å². The van der Waals surface area contributed by atoms with Crippen molar-refractivity contribution in [1.29, 1.82) is 0 Å². The summed E-state index contributed by atoms with van der Waals surface area (Å²) in [7, 11) is 0. The predicted octanol–water partition coefficient (Wildman–Crippen LogP) is 3.04. The van der Waals surface area contributed by atoms with E-state index in [0.717, 1.165) is 25.7 Å². The molecule has 0 heterocycles. The van der Waals surface area contributed by atoms with Gasteiger partial charge < -0.3 is 5.73 Å². The Labute approximate surface area is 134 Å². The molecule has 4 atom stereocenters. The quantitative estimate of drug-likeness (QED) is 0.735. The van der Waals surface area contributed by atoms with Crippen molar-refractivity contribution in [3.8, 4) is 0 Å². The Balaban J connectivity index is 3.02. The van der Waals surface area contributed by atoms with E-state index in [0.29, 0.717) is 12.8 Å². The van der Waals surface area contributed by atoms with E-state index in [2.05, 4.69) is 13.2 Å². The minimum atomic E-state index is -0.244. The van der Waals surface area contributed by atoms with Crippen molar-refractivity contribution in [2.24, 2.45) is 17.6 Å². The smallest absolute Gasteiger partial charge is 0.232 e. The van der Waals surface area contributed by atoms with Crippen LogP contribution in [0.5, 0.6) is 0 Å². The maximum absolute atomic E-state index is 12.8. The standard InChI is InChI=1S/C18H30N2O2/c1-5-9-13(3)17(21)20(18(22)14(4)10-6-2)16-12-8-7-11-15(16)19/h5-6,13-16H,1-2,7-12,19H2,3-4H3. The first-order chi connectivity index (χ1) is 10.4. The van der Waals surface area contributed by atoms with Crippen LogP contribution < -0.4 is 5.73 Å². The molecule has 0 spiro atoms. The van der Waals surface area contributed by atoms with Crippen LogP contribution in [0.2, 0.25) is 0 Å². The fourth-order valence-electron chi connectivity index (χ4n) is 3.07. The fourth-order valence-corrected chi connectivity index (χ4v) is 3.07. The molecule has 4 heteroatoms. The van der Waals surface area contributed by atoms with E-state index < -0.39 is 0 Å². The van der Waals surface area contributed by atoms with Crippen molar-refractivity contribution in [3.05, 3.63) is 25.3 Å². The summed E-state index contributed by atoms with van der Waals surface area (Å²) in [5.41, 5.74) is 6.22. The van der Waals surface area contributed by atoms with Gasteiger partial charge in [0.15, 0.2) is 0 Å². The summed E-state index contributed by atoms with van der Waals surface area (Å²) < 4.78 is 0. The predicted molar refractivity (Wildman–Crippen MR) is 90.0 cm³/mol. The molecule has 4 unspecified atom stereocenters. The van der Waals surface area contributed by atoms with Crippen LogP contribution in [0.4, 0.5) is 0 Å². The summed E-state index contributed by atoms with van der Waals surface area (Å²) >= 11 is 0. The first-order valence-corrected chi connectivity index (χ1v) is 8.28. The van der Waals surface area contributed by atoms with Crippen LogP contribution in [0.1, 0.15) is 52.4 Å². The third kappa shape index (κ3) is 4.54. The first kappa shape index (κ1) is 18.6. The van der Waals surface area contributed by atoms with Crippen LogP contribution >= 0.6 is 0 Å². The van der Waals surface area contributed by atoms with E-state index in [9.17, 15) is 9.59 Å². The topological polar surface area (TPSA) is 63.4 Å². The van der Waals surface area contributed by atoms with Gasteiger partial charge in [-0.1, -0.05) is 38.8 Å². The highest BCUT2D eigenvalue weighted by Gasteiger charge is 2.37. The molecule has 0 aromatic rings. The van der Waals surface area contributed by atoms with Gasteiger partial charge in [0.25, 0.3) is 0 Å².